The summed E-state index contributed by atoms with van der Waals surface area (Å²) in [5, 5.41) is 0. The predicted molar refractivity (Wildman–Crippen MR) is 71.7 cm³/mol. The van der Waals surface area contributed by atoms with E-state index in [2.05, 4.69) is 46.8 Å². The Morgan fingerprint density at radius 3 is 2.19 bits per heavy atom. The quantitative estimate of drug-likeness (QED) is 0.812. The van der Waals surface area contributed by atoms with E-state index >= 15 is 0 Å². The maximum Gasteiger partial charge on any atom is 0.0300 e. The van der Waals surface area contributed by atoms with Gasteiger partial charge in [0.25, 0.3) is 0 Å². The predicted octanol–water partition coefficient (Wildman–Crippen LogP) is 4.05. The first-order chi connectivity index (χ1) is 7.45. The molecule has 1 aromatic carbocycles. The van der Waals surface area contributed by atoms with Crippen LogP contribution in [0.1, 0.15) is 55.0 Å². The summed E-state index contributed by atoms with van der Waals surface area (Å²) < 4.78 is 0. The largest absolute Gasteiger partial charge is 0.324 e. The van der Waals surface area contributed by atoms with Crippen LogP contribution in [0.5, 0.6) is 0 Å². The summed E-state index contributed by atoms with van der Waals surface area (Å²) in [6.07, 6.45) is 2.29. The zero-order chi connectivity index (χ0) is 12.3. The van der Waals surface area contributed by atoms with Gasteiger partial charge in [-0.1, -0.05) is 32.4 Å². The lowest BCUT2D eigenvalue weighted by Gasteiger charge is -2.19. The fraction of sp³-hybridized carbons (Fsp3) is 0.600. The van der Waals surface area contributed by atoms with Crippen molar-refractivity contribution in [1.82, 2.24) is 0 Å². The van der Waals surface area contributed by atoms with E-state index in [1.54, 1.807) is 0 Å². The fourth-order valence-corrected chi connectivity index (χ4v) is 2.11. The molecule has 0 radical (unpaired) electrons. The second-order valence-electron chi connectivity index (χ2n) is 5.15. The number of nitrogens with two attached hydrogens (primary N) is 1. The third-order valence-corrected chi connectivity index (χ3v) is 3.64. The van der Waals surface area contributed by atoms with E-state index in [9.17, 15) is 0 Å². The van der Waals surface area contributed by atoms with Crippen molar-refractivity contribution in [3.05, 3.63) is 34.4 Å². The lowest BCUT2D eigenvalue weighted by atomic mass is 9.90. The van der Waals surface area contributed by atoms with Gasteiger partial charge < -0.3 is 5.73 Å². The van der Waals surface area contributed by atoms with E-state index in [1.807, 2.05) is 0 Å². The van der Waals surface area contributed by atoms with Gasteiger partial charge in [0.1, 0.15) is 0 Å². The van der Waals surface area contributed by atoms with Crippen molar-refractivity contribution in [1.29, 1.82) is 0 Å². The van der Waals surface area contributed by atoms with Gasteiger partial charge in [0.2, 0.25) is 0 Å². The molecule has 0 aliphatic rings. The molecule has 1 aromatic rings. The molecular weight excluding hydrogens is 194 g/mol. The van der Waals surface area contributed by atoms with Crippen LogP contribution in [0.4, 0.5) is 0 Å². The number of benzene rings is 1. The first-order valence-corrected chi connectivity index (χ1v) is 6.29. The van der Waals surface area contributed by atoms with Gasteiger partial charge in [-0.3, -0.25) is 0 Å². The second-order valence-corrected chi connectivity index (χ2v) is 5.15. The molecule has 1 rings (SSSR count). The van der Waals surface area contributed by atoms with Crippen LogP contribution < -0.4 is 5.73 Å². The highest BCUT2D eigenvalue weighted by molar-refractivity contribution is 5.38. The van der Waals surface area contributed by atoms with E-state index in [0.717, 1.165) is 6.42 Å². The van der Waals surface area contributed by atoms with E-state index in [0.29, 0.717) is 5.92 Å². The molecule has 2 N–H and O–H groups in total. The molecule has 2 atom stereocenters. The molecule has 0 saturated carbocycles. The third-order valence-electron chi connectivity index (χ3n) is 3.64. The Hall–Kier alpha value is -0.820. The average molecular weight is 219 g/mol. The summed E-state index contributed by atoms with van der Waals surface area (Å²) in [4.78, 5) is 0. The Labute approximate surface area is 100 Å². The first kappa shape index (κ1) is 13.2. The van der Waals surface area contributed by atoms with Gasteiger partial charge in [-0.05, 0) is 55.4 Å². The molecule has 0 amide bonds. The van der Waals surface area contributed by atoms with Gasteiger partial charge in [-0.15, -0.1) is 0 Å². The van der Waals surface area contributed by atoms with Gasteiger partial charge >= 0.3 is 0 Å². The van der Waals surface area contributed by atoms with Crippen LogP contribution in [0.15, 0.2) is 12.1 Å². The molecule has 0 spiro atoms. The minimum absolute atomic E-state index is 0.189. The second kappa shape index (κ2) is 5.49. The van der Waals surface area contributed by atoms with Crippen molar-refractivity contribution in [3.8, 4) is 0 Å². The van der Waals surface area contributed by atoms with Crippen molar-refractivity contribution >= 4 is 0 Å². The highest BCUT2D eigenvalue weighted by Gasteiger charge is 2.13. The minimum Gasteiger partial charge on any atom is -0.324 e. The third kappa shape index (κ3) is 3.08. The van der Waals surface area contributed by atoms with Gasteiger partial charge in [-0.25, -0.2) is 0 Å². The molecule has 0 aliphatic carbocycles. The minimum atomic E-state index is 0.189. The van der Waals surface area contributed by atoms with Gasteiger partial charge in [0.05, 0.1) is 0 Å². The van der Waals surface area contributed by atoms with Crippen LogP contribution in [-0.4, -0.2) is 0 Å². The van der Waals surface area contributed by atoms with Gasteiger partial charge in [-0.2, -0.15) is 0 Å². The van der Waals surface area contributed by atoms with Crippen LogP contribution in [0.2, 0.25) is 0 Å². The first-order valence-electron chi connectivity index (χ1n) is 6.29. The molecular formula is C15H25N. The van der Waals surface area contributed by atoms with Crippen LogP contribution in [-0.2, 0) is 0 Å². The molecule has 0 heterocycles. The molecule has 1 nitrogen and oxygen atoms in total. The maximum absolute atomic E-state index is 6.29. The molecule has 0 aliphatic heterocycles. The fourth-order valence-electron chi connectivity index (χ4n) is 2.11. The van der Waals surface area contributed by atoms with Crippen LogP contribution in [0.3, 0.4) is 0 Å². The maximum atomic E-state index is 6.29. The van der Waals surface area contributed by atoms with Crippen molar-refractivity contribution in [2.75, 3.05) is 0 Å². The molecule has 1 heteroatoms. The summed E-state index contributed by atoms with van der Waals surface area (Å²) in [6.45, 7) is 11.0. The van der Waals surface area contributed by atoms with Crippen LogP contribution in [0, 0.1) is 26.7 Å². The Morgan fingerprint density at radius 1 is 1.06 bits per heavy atom. The Kier molecular flexibility index (Phi) is 4.55. The van der Waals surface area contributed by atoms with Crippen LogP contribution >= 0.6 is 0 Å². The lowest BCUT2D eigenvalue weighted by Crippen LogP contribution is -2.15. The van der Waals surface area contributed by atoms with E-state index < -0.39 is 0 Å². The zero-order valence-corrected chi connectivity index (χ0v) is 11.3. The average Bonchev–Trinajstić information content (AvgIpc) is 2.23. The van der Waals surface area contributed by atoms with Crippen LogP contribution in [0.25, 0.3) is 0 Å². The number of aryl methyl sites for hydroxylation is 3. The van der Waals surface area contributed by atoms with E-state index in [1.165, 1.54) is 28.7 Å². The number of rotatable bonds is 4. The Morgan fingerprint density at radius 2 is 1.62 bits per heavy atom. The summed E-state index contributed by atoms with van der Waals surface area (Å²) in [5.74, 6) is 0.705. The topological polar surface area (TPSA) is 26.0 Å². The highest BCUT2D eigenvalue weighted by atomic mass is 14.6. The highest BCUT2D eigenvalue weighted by Crippen LogP contribution is 2.25. The summed E-state index contributed by atoms with van der Waals surface area (Å²) in [7, 11) is 0. The van der Waals surface area contributed by atoms with Gasteiger partial charge in [0.15, 0.2) is 0 Å². The number of hydrogen-bond donors (Lipinski definition) is 1. The van der Waals surface area contributed by atoms with E-state index in [4.69, 9.17) is 5.73 Å². The molecule has 0 bridgehead atoms. The molecule has 16 heavy (non-hydrogen) atoms. The van der Waals surface area contributed by atoms with Crippen molar-refractivity contribution < 1.29 is 0 Å². The standard InChI is InChI=1S/C15H25N/c1-6-10(2)7-15(16)14-9-12(4)11(3)8-13(14)5/h8-10,15H,6-7,16H2,1-5H3. The summed E-state index contributed by atoms with van der Waals surface area (Å²) in [5.41, 5.74) is 11.7. The summed E-state index contributed by atoms with van der Waals surface area (Å²) >= 11 is 0. The number of hydrogen-bond acceptors (Lipinski definition) is 1. The molecule has 0 aromatic heterocycles. The molecule has 2 unspecified atom stereocenters. The van der Waals surface area contributed by atoms with Crippen molar-refractivity contribution in [2.24, 2.45) is 11.7 Å². The SMILES string of the molecule is CCC(C)CC(N)c1cc(C)c(C)cc1C. The smallest absolute Gasteiger partial charge is 0.0300 e. The molecule has 0 saturated heterocycles. The Balaban J connectivity index is 2.91. The molecule has 90 valence electrons. The lowest BCUT2D eigenvalue weighted by molar-refractivity contribution is 0.460. The normalized spacial score (nSPS) is 14.9. The zero-order valence-electron chi connectivity index (χ0n) is 11.3. The Bertz CT molecular complexity index is 355. The monoisotopic (exact) mass is 219 g/mol. The van der Waals surface area contributed by atoms with E-state index in [-0.39, 0.29) is 6.04 Å². The van der Waals surface area contributed by atoms with Gasteiger partial charge in [0, 0.05) is 6.04 Å². The van der Waals surface area contributed by atoms with Crippen molar-refractivity contribution in [2.45, 2.75) is 53.5 Å². The molecule has 0 fully saturated rings. The summed E-state index contributed by atoms with van der Waals surface area (Å²) in [6, 6.07) is 4.70. The van der Waals surface area contributed by atoms with Crippen molar-refractivity contribution in [3.63, 3.8) is 0 Å².